The molecule has 1 aromatic carbocycles. The smallest absolute Gasteiger partial charge is 0.273 e. The van der Waals surface area contributed by atoms with E-state index in [2.05, 4.69) is 30.8 Å². The summed E-state index contributed by atoms with van der Waals surface area (Å²) in [5.41, 5.74) is 3.87. The maximum Gasteiger partial charge on any atom is 0.273 e. The number of aryl methyl sites for hydroxylation is 1. The van der Waals surface area contributed by atoms with Crippen LogP contribution in [0.4, 0.5) is 0 Å². The normalized spacial score (nSPS) is 11.8. The van der Waals surface area contributed by atoms with Crippen LogP contribution in [0.3, 0.4) is 0 Å². The minimum absolute atomic E-state index is 0.174. The van der Waals surface area contributed by atoms with Crippen molar-refractivity contribution in [2.75, 3.05) is 0 Å². The van der Waals surface area contributed by atoms with Gasteiger partial charge in [-0.05, 0) is 42.8 Å². The fourth-order valence-electron chi connectivity index (χ4n) is 3.74. The molecular weight excluding hydrogens is 444 g/mol. The molecule has 35 heavy (non-hydrogen) atoms. The van der Waals surface area contributed by atoms with Gasteiger partial charge in [-0.15, -0.1) is 0 Å². The first kappa shape index (κ1) is 22.0. The highest BCUT2D eigenvalue weighted by molar-refractivity contribution is 5.94. The van der Waals surface area contributed by atoms with Crippen LogP contribution in [0, 0.1) is 6.92 Å². The van der Waals surface area contributed by atoms with Gasteiger partial charge in [0.1, 0.15) is 12.5 Å². The molecule has 0 spiro atoms. The van der Waals surface area contributed by atoms with Crippen molar-refractivity contribution in [3.63, 3.8) is 0 Å². The molecule has 0 bridgehead atoms. The molecule has 0 radical (unpaired) electrons. The van der Waals surface area contributed by atoms with Crippen molar-refractivity contribution >= 4 is 17.5 Å². The van der Waals surface area contributed by atoms with Crippen molar-refractivity contribution in [3.8, 4) is 17.1 Å². The maximum atomic E-state index is 13.3. The lowest BCUT2D eigenvalue weighted by molar-refractivity contribution is -0.119. The Hall–Kier alpha value is -4.86. The summed E-state index contributed by atoms with van der Waals surface area (Å²) in [6.45, 7) is 3.29. The molecule has 0 aliphatic heterocycles. The zero-order chi connectivity index (χ0) is 24.4. The monoisotopic (exact) mass is 466 g/mol. The molecule has 0 fully saturated rings. The zero-order valence-corrected chi connectivity index (χ0v) is 19.1. The van der Waals surface area contributed by atoms with E-state index in [-0.39, 0.29) is 11.6 Å². The van der Waals surface area contributed by atoms with Gasteiger partial charge in [-0.25, -0.2) is 19.2 Å². The number of hydrogen-bond acceptors (Lipinski definition) is 6. The Morgan fingerprint density at radius 2 is 1.80 bits per heavy atom. The SMILES string of the molecule is CC(=O)NC(NC(=O)c1cc(-c2ccc3ncnn3c2)n(-c2cccc(C)n2)n1)c1ccccc1. The summed E-state index contributed by atoms with van der Waals surface area (Å²) in [4.78, 5) is 33.8. The van der Waals surface area contributed by atoms with Crippen LogP contribution in [0.15, 0.2) is 79.3 Å². The molecule has 2 amide bonds. The largest absolute Gasteiger partial charge is 0.332 e. The highest BCUT2D eigenvalue weighted by Crippen LogP contribution is 2.24. The van der Waals surface area contributed by atoms with Crippen LogP contribution in [0.1, 0.15) is 34.8 Å². The number of aromatic nitrogens is 6. The second-order valence-corrected chi connectivity index (χ2v) is 7.96. The summed E-state index contributed by atoms with van der Waals surface area (Å²) < 4.78 is 3.27. The minimum Gasteiger partial charge on any atom is -0.332 e. The van der Waals surface area contributed by atoms with Crippen LogP contribution in [-0.4, -0.2) is 41.2 Å². The first-order valence-electron chi connectivity index (χ1n) is 10.9. The Kier molecular flexibility index (Phi) is 5.76. The Labute approximate surface area is 200 Å². The van der Waals surface area contributed by atoms with Gasteiger partial charge in [0.05, 0.1) is 5.69 Å². The van der Waals surface area contributed by atoms with Gasteiger partial charge in [0.25, 0.3) is 5.91 Å². The standard InChI is InChI=1S/C25H22N8O2/c1-16-7-6-10-23(28-16)33-21(19-11-12-22-26-15-27-32(22)14-19)13-20(31-33)25(35)30-24(29-17(2)34)18-8-4-3-5-9-18/h3-15,24H,1-2H3,(H,29,34)(H,30,35). The lowest BCUT2D eigenvalue weighted by Crippen LogP contribution is -2.40. The van der Waals surface area contributed by atoms with E-state index in [4.69, 9.17) is 0 Å². The minimum atomic E-state index is -0.710. The number of carbonyl (C=O) groups excluding carboxylic acids is 2. The molecule has 1 atom stereocenters. The number of carbonyl (C=O) groups is 2. The molecule has 0 aliphatic rings. The van der Waals surface area contributed by atoms with Gasteiger partial charge in [-0.3, -0.25) is 9.59 Å². The van der Waals surface area contributed by atoms with Crippen LogP contribution in [-0.2, 0) is 4.79 Å². The summed E-state index contributed by atoms with van der Waals surface area (Å²) in [7, 11) is 0. The van der Waals surface area contributed by atoms with Crippen LogP contribution in [0.5, 0.6) is 0 Å². The van der Waals surface area contributed by atoms with E-state index < -0.39 is 12.1 Å². The van der Waals surface area contributed by atoms with Crippen LogP contribution >= 0.6 is 0 Å². The molecule has 0 aliphatic carbocycles. The Morgan fingerprint density at radius 1 is 0.971 bits per heavy atom. The predicted octanol–water partition coefficient (Wildman–Crippen LogP) is 2.85. The number of benzene rings is 1. The number of pyridine rings is 2. The van der Waals surface area contributed by atoms with E-state index >= 15 is 0 Å². The van der Waals surface area contributed by atoms with Gasteiger partial charge < -0.3 is 10.6 Å². The average Bonchev–Trinajstić information content (AvgIpc) is 3.51. The molecule has 0 saturated heterocycles. The second-order valence-electron chi connectivity index (χ2n) is 7.96. The average molecular weight is 467 g/mol. The molecular formula is C25H22N8O2. The van der Waals surface area contributed by atoms with E-state index in [1.165, 1.54) is 13.3 Å². The molecule has 10 heteroatoms. The summed E-state index contributed by atoms with van der Waals surface area (Å²) in [6.07, 6.45) is 2.58. The Morgan fingerprint density at radius 3 is 2.57 bits per heavy atom. The molecule has 0 saturated carbocycles. The Bertz CT molecular complexity index is 1520. The fourth-order valence-corrected chi connectivity index (χ4v) is 3.74. The van der Waals surface area contributed by atoms with E-state index in [1.807, 2.05) is 73.8 Å². The first-order valence-corrected chi connectivity index (χ1v) is 10.9. The number of amides is 2. The van der Waals surface area contributed by atoms with Gasteiger partial charge in [-0.2, -0.15) is 10.2 Å². The van der Waals surface area contributed by atoms with Crippen LogP contribution < -0.4 is 10.6 Å². The fraction of sp³-hybridized carbons (Fsp3) is 0.120. The quantitative estimate of drug-likeness (QED) is 0.372. The van der Waals surface area contributed by atoms with Gasteiger partial charge >= 0.3 is 0 Å². The molecule has 5 aromatic rings. The molecule has 174 valence electrons. The van der Waals surface area contributed by atoms with E-state index in [0.717, 1.165) is 16.8 Å². The molecule has 1 unspecified atom stereocenters. The van der Waals surface area contributed by atoms with Crippen molar-refractivity contribution in [2.45, 2.75) is 20.0 Å². The van der Waals surface area contributed by atoms with Gasteiger partial charge in [0.2, 0.25) is 5.91 Å². The van der Waals surface area contributed by atoms with Gasteiger partial charge in [-0.1, -0.05) is 36.4 Å². The number of hydrogen-bond donors (Lipinski definition) is 2. The third kappa shape index (κ3) is 4.62. The van der Waals surface area contributed by atoms with Crippen molar-refractivity contribution in [1.82, 2.24) is 40.0 Å². The third-order valence-corrected chi connectivity index (χ3v) is 5.36. The number of nitrogens with one attached hydrogen (secondary N) is 2. The summed E-state index contributed by atoms with van der Waals surface area (Å²) >= 11 is 0. The van der Waals surface area contributed by atoms with Crippen LogP contribution in [0.25, 0.3) is 22.7 Å². The highest BCUT2D eigenvalue weighted by atomic mass is 16.2. The number of rotatable bonds is 6. The summed E-state index contributed by atoms with van der Waals surface area (Å²) in [5, 5.41) is 14.4. The van der Waals surface area contributed by atoms with E-state index in [9.17, 15) is 9.59 Å². The Balaban J connectivity index is 1.55. The lowest BCUT2D eigenvalue weighted by Gasteiger charge is -2.19. The molecule has 2 N–H and O–H groups in total. The first-order chi connectivity index (χ1) is 17.0. The summed E-state index contributed by atoms with van der Waals surface area (Å²) in [6, 6.07) is 20.2. The van der Waals surface area contributed by atoms with Gasteiger partial charge in [0, 0.05) is 24.4 Å². The highest BCUT2D eigenvalue weighted by Gasteiger charge is 2.22. The molecule has 5 rings (SSSR count). The predicted molar refractivity (Wildman–Crippen MR) is 129 cm³/mol. The van der Waals surface area contributed by atoms with Crippen molar-refractivity contribution < 1.29 is 9.59 Å². The van der Waals surface area contributed by atoms with Gasteiger partial charge in [0.15, 0.2) is 17.2 Å². The zero-order valence-electron chi connectivity index (χ0n) is 19.1. The third-order valence-electron chi connectivity index (χ3n) is 5.36. The summed E-state index contributed by atoms with van der Waals surface area (Å²) in [5.74, 6) is -0.142. The lowest BCUT2D eigenvalue weighted by atomic mass is 10.1. The maximum absolute atomic E-state index is 13.3. The van der Waals surface area contributed by atoms with Crippen molar-refractivity contribution in [2.24, 2.45) is 0 Å². The number of nitrogens with zero attached hydrogens (tertiary/aromatic N) is 6. The van der Waals surface area contributed by atoms with Crippen molar-refractivity contribution in [3.05, 3.63) is 96.2 Å². The molecule has 10 nitrogen and oxygen atoms in total. The van der Waals surface area contributed by atoms with E-state index in [0.29, 0.717) is 17.2 Å². The topological polar surface area (TPSA) is 119 Å². The second kappa shape index (κ2) is 9.18. The van der Waals surface area contributed by atoms with Crippen molar-refractivity contribution in [1.29, 1.82) is 0 Å². The number of fused-ring (bicyclic) bond motifs is 1. The van der Waals surface area contributed by atoms with Crippen LogP contribution in [0.2, 0.25) is 0 Å². The van der Waals surface area contributed by atoms with E-state index in [1.54, 1.807) is 15.3 Å². The molecule has 4 aromatic heterocycles. The molecule has 4 heterocycles.